The largest absolute Gasteiger partial charge is 0.457 e. The van der Waals surface area contributed by atoms with Crippen molar-refractivity contribution in [3.8, 4) is 11.5 Å². The Morgan fingerprint density at radius 2 is 1.84 bits per heavy atom. The van der Waals surface area contributed by atoms with E-state index in [4.69, 9.17) is 16.3 Å². The van der Waals surface area contributed by atoms with Gasteiger partial charge in [0.15, 0.2) is 0 Å². The van der Waals surface area contributed by atoms with E-state index in [-0.39, 0.29) is 0 Å². The van der Waals surface area contributed by atoms with Crippen molar-refractivity contribution < 1.29 is 8.95 Å². The molecule has 0 radical (unpaired) electrons. The quantitative estimate of drug-likeness (QED) is 0.272. The highest BCUT2D eigenvalue weighted by Crippen LogP contribution is 2.35. The Morgan fingerprint density at radius 1 is 1.09 bits per heavy atom. The van der Waals surface area contributed by atoms with Gasteiger partial charge in [-0.2, -0.15) is 0 Å². The van der Waals surface area contributed by atoms with Crippen LogP contribution in [0.2, 0.25) is 5.02 Å². The molecule has 32 heavy (non-hydrogen) atoms. The molecule has 0 aliphatic heterocycles. The Kier molecular flexibility index (Phi) is 7.94. The van der Waals surface area contributed by atoms with Crippen molar-refractivity contribution in [3.63, 3.8) is 0 Å². The van der Waals surface area contributed by atoms with Crippen LogP contribution in [0, 0.1) is 6.92 Å². The summed E-state index contributed by atoms with van der Waals surface area (Å²) < 4.78 is 23.8. The zero-order valence-electron chi connectivity index (χ0n) is 18.8. The van der Waals surface area contributed by atoms with Crippen LogP contribution in [0.1, 0.15) is 18.1 Å². The molecule has 0 amide bonds. The number of rotatable bonds is 8. The Bertz CT molecular complexity index is 1220. The van der Waals surface area contributed by atoms with Crippen molar-refractivity contribution in [2.24, 2.45) is 9.36 Å². The van der Waals surface area contributed by atoms with Gasteiger partial charge in [-0.3, -0.25) is 0 Å². The van der Waals surface area contributed by atoms with Gasteiger partial charge in [0.1, 0.15) is 11.5 Å². The molecule has 0 bridgehead atoms. The molecule has 0 N–H and O–H groups in total. The van der Waals surface area contributed by atoms with Gasteiger partial charge in [-0.25, -0.2) is 13.6 Å². The maximum Gasteiger partial charge on any atom is 0.131 e. The van der Waals surface area contributed by atoms with E-state index >= 15 is 0 Å². The lowest BCUT2D eigenvalue weighted by molar-refractivity contribution is 0.477. The van der Waals surface area contributed by atoms with Crippen LogP contribution in [0.4, 0.5) is 5.69 Å². The minimum absolute atomic E-state index is 0.394. The Balaban J connectivity index is 1.82. The Labute approximate surface area is 195 Å². The second-order valence-corrected chi connectivity index (χ2v) is 10.3. The van der Waals surface area contributed by atoms with Crippen LogP contribution >= 0.6 is 11.6 Å². The first kappa shape index (κ1) is 23.8. The molecular weight excluding hydrogens is 442 g/mol. The van der Waals surface area contributed by atoms with E-state index < -0.39 is 9.73 Å². The highest BCUT2D eigenvalue weighted by Gasteiger charge is 2.11. The number of benzene rings is 3. The van der Waals surface area contributed by atoms with Gasteiger partial charge in [0.25, 0.3) is 0 Å². The molecule has 0 heterocycles. The van der Waals surface area contributed by atoms with Gasteiger partial charge in [0.05, 0.1) is 38.2 Å². The second-order valence-electron chi connectivity index (χ2n) is 7.54. The van der Waals surface area contributed by atoms with Crippen LogP contribution in [0.15, 0.2) is 81.0 Å². The molecule has 5 nitrogen and oxygen atoms in total. The lowest BCUT2D eigenvalue weighted by Crippen LogP contribution is -2.14. The molecule has 1 atom stereocenters. The molecule has 0 saturated heterocycles. The standard InChI is InChI=1S/C25H28ClN3O2S/c1-5-29(3)18-27-24-14-19(2)25(16-23(24)26)31-21-12-9-13-22(15-21)32(4,30)28-17-20-10-7-6-8-11-20/h6-16,18H,5,17H2,1-4H3/b27-18-. The van der Waals surface area contributed by atoms with Crippen molar-refractivity contribution >= 4 is 33.4 Å². The SMILES string of the molecule is CCN(C)/C=N\c1cc(C)c(Oc2cccc(S(C)(=O)=NCc3ccccc3)c2)cc1Cl. The first-order valence-electron chi connectivity index (χ1n) is 10.3. The molecule has 0 saturated carbocycles. The molecule has 3 aromatic carbocycles. The molecule has 0 fully saturated rings. The van der Waals surface area contributed by atoms with Crippen LogP contribution in [0.3, 0.4) is 0 Å². The highest BCUT2D eigenvalue weighted by molar-refractivity contribution is 7.93. The summed E-state index contributed by atoms with van der Waals surface area (Å²) in [5.41, 5.74) is 2.60. The lowest BCUT2D eigenvalue weighted by atomic mass is 10.2. The van der Waals surface area contributed by atoms with E-state index in [2.05, 4.69) is 9.36 Å². The number of ether oxygens (including phenoxy) is 1. The number of halogens is 1. The van der Waals surface area contributed by atoms with E-state index in [9.17, 15) is 4.21 Å². The number of nitrogens with zero attached hydrogens (tertiary/aromatic N) is 3. The molecule has 3 rings (SSSR count). The van der Waals surface area contributed by atoms with Crippen molar-refractivity contribution in [1.82, 2.24) is 4.90 Å². The van der Waals surface area contributed by atoms with E-state index in [0.29, 0.717) is 33.6 Å². The van der Waals surface area contributed by atoms with Gasteiger partial charge in [-0.15, -0.1) is 0 Å². The van der Waals surface area contributed by atoms with Crippen LogP contribution in [-0.4, -0.2) is 35.3 Å². The lowest BCUT2D eigenvalue weighted by Gasteiger charge is -2.13. The smallest absolute Gasteiger partial charge is 0.131 e. The van der Waals surface area contributed by atoms with Gasteiger partial charge in [0.2, 0.25) is 0 Å². The molecule has 0 aromatic heterocycles. The van der Waals surface area contributed by atoms with Gasteiger partial charge < -0.3 is 9.64 Å². The van der Waals surface area contributed by atoms with Gasteiger partial charge in [0, 0.05) is 25.9 Å². The van der Waals surface area contributed by atoms with Gasteiger partial charge in [-0.1, -0.05) is 48.0 Å². The van der Waals surface area contributed by atoms with Crippen molar-refractivity contribution in [1.29, 1.82) is 0 Å². The number of aliphatic imine (C=N–C) groups is 1. The van der Waals surface area contributed by atoms with Gasteiger partial charge >= 0.3 is 0 Å². The Morgan fingerprint density at radius 3 is 2.56 bits per heavy atom. The summed E-state index contributed by atoms with van der Waals surface area (Å²) in [7, 11) is -0.620. The minimum atomic E-state index is -2.57. The summed E-state index contributed by atoms with van der Waals surface area (Å²) in [6, 6.07) is 20.7. The normalized spacial score (nSPS) is 13.0. The molecular formula is C25H28ClN3O2S. The molecule has 0 spiro atoms. The molecule has 0 aliphatic rings. The second kappa shape index (κ2) is 10.7. The monoisotopic (exact) mass is 469 g/mol. The van der Waals surface area contributed by atoms with Crippen molar-refractivity contribution in [3.05, 3.63) is 82.9 Å². The first-order valence-corrected chi connectivity index (χ1v) is 12.6. The summed E-state index contributed by atoms with van der Waals surface area (Å²) in [6.45, 7) is 5.24. The molecule has 3 aromatic rings. The molecule has 168 valence electrons. The van der Waals surface area contributed by atoms with Crippen LogP contribution in [0.25, 0.3) is 0 Å². The fraction of sp³-hybridized carbons (Fsp3) is 0.240. The van der Waals surface area contributed by atoms with Crippen molar-refractivity contribution in [2.45, 2.75) is 25.3 Å². The van der Waals surface area contributed by atoms with E-state index in [1.54, 1.807) is 24.7 Å². The predicted molar refractivity (Wildman–Crippen MR) is 134 cm³/mol. The maximum absolute atomic E-state index is 13.2. The third-order valence-corrected chi connectivity index (χ3v) is 7.00. The number of hydrogen-bond donors (Lipinski definition) is 0. The molecule has 1 unspecified atom stereocenters. The average molecular weight is 470 g/mol. The van der Waals surface area contributed by atoms with E-state index in [1.807, 2.05) is 80.4 Å². The fourth-order valence-corrected chi connectivity index (χ4v) is 4.27. The summed E-state index contributed by atoms with van der Waals surface area (Å²) in [5, 5.41) is 0.500. The zero-order chi connectivity index (χ0) is 23.1. The third kappa shape index (κ3) is 6.34. The molecule has 0 aliphatic carbocycles. The molecule has 7 heteroatoms. The maximum atomic E-state index is 13.2. The Hall–Kier alpha value is -2.83. The summed E-state index contributed by atoms with van der Waals surface area (Å²) in [6.07, 6.45) is 3.40. The topological polar surface area (TPSA) is 54.3 Å². The summed E-state index contributed by atoms with van der Waals surface area (Å²) in [5.74, 6) is 1.20. The van der Waals surface area contributed by atoms with Crippen LogP contribution in [-0.2, 0) is 16.3 Å². The van der Waals surface area contributed by atoms with E-state index in [1.165, 1.54) is 0 Å². The fourth-order valence-electron chi connectivity index (χ4n) is 2.86. The summed E-state index contributed by atoms with van der Waals surface area (Å²) in [4.78, 5) is 7.03. The third-order valence-electron chi connectivity index (χ3n) is 4.94. The van der Waals surface area contributed by atoms with Crippen LogP contribution in [0.5, 0.6) is 11.5 Å². The van der Waals surface area contributed by atoms with Crippen LogP contribution < -0.4 is 4.74 Å². The van der Waals surface area contributed by atoms with Crippen molar-refractivity contribution in [2.75, 3.05) is 19.8 Å². The van der Waals surface area contributed by atoms with E-state index in [0.717, 1.165) is 17.7 Å². The number of aryl methyl sites for hydroxylation is 1. The zero-order valence-corrected chi connectivity index (χ0v) is 20.4. The number of hydrogen-bond acceptors (Lipinski definition) is 4. The minimum Gasteiger partial charge on any atom is -0.457 e. The summed E-state index contributed by atoms with van der Waals surface area (Å²) >= 11 is 6.42. The highest BCUT2D eigenvalue weighted by atomic mass is 35.5. The predicted octanol–water partition coefficient (Wildman–Crippen LogP) is 6.71. The average Bonchev–Trinajstić information content (AvgIpc) is 2.79. The van der Waals surface area contributed by atoms with Gasteiger partial charge in [-0.05, 0) is 49.2 Å². The first-order chi connectivity index (χ1) is 15.3.